The lowest BCUT2D eigenvalue weighted by Gasteiger charge is -2.21. The molecule has 0 aliphatic heterocycles. The number of nitrogens with two attached hydrogens (primary N) is 1. The van der Waals surface area contributed by atoms with Gasteiger partial charge in [-0.25, -0.2) is 0 Å². The number of benzene rings is 1. The van der Waals surface area contributed by atoms with E-state index in [9.17, 15) is 4.79 Å². The van der Waals surface area contributed by atoms with E-state index in [1.807, 2.05) is 20.8 Å². The molecule has 2 aromatic rings. The highest BCUT2D eigenvalue weighted by Gasteiger charge is 2.25. The van der Waals surface area contributed by atoms with Gasteiger partial charge < -0.3 is 10.6 Å². The predicted octanol–water partition coefficient (Wildman–Crippen LogP) is 3.83. The molecule has 0 bridgehead atoms. The first-order valence-electron chi connectivity index (χ1n) is 9.21. The van der Waals surface area contributed by atoms with Crippen molar-refractivity contribution >= 4 is 17.2 Å². The minimum Gasteiger partial charge on any atom is -0.349 e. The summed E-state index contributed by atoms with van der Waals surface area (Å²) >= 11 is 1.75. The Balaban J connectivity index is 2.21. The molecule has 3 N–H and O–H groups in total. The maximum atomic E-state index is 12.3. The van der Waals surface area contributed by atoms with Gasteiger partial charge in [-0.2, -0.15) is 0 Å². The van der Waals surface area contributed by atoms with E-state index >= 15 is 0 Å². The van der Waals surface area contributed by atoms with E-state index in [1.165, 1.54) is 16.0 Å². The minimum absolute atomic E-state index is 0.0905. The molecule has 3 atom stereocenters. The van der Waals surface area contributed by atoms with E-state index in [0.29, 0.717) is 5.92 Å². The van der Waals surface area contributed by atoms with Gasteiger partial charge in [-0.3, -0.25) is 4.79 Å². The Labute approximate surface area is 155 Å². The molecular formula is C21H31N2OS+. The summed E-state index contributed by atoms with van der Waals surface area (Å²) < 4.78 is 0. The van der Waals surface area contributed by atoms with Crippen molar-refractivity contribution in [3.63, 3.8) is 0 Å². The number of hydrogen-bond acceptors (Lipinski definition) is 2. The number of hydrogen-bond donors (Lipinski definition) is 2. The Morgan fingerprint density at radius 2 is 1.72 bits per heavy atom. The molecule has 4 heteroatoms. The number of quaternary nitrogens is 1. The van der Waals surface area contributed by atoms with Gasteiger partial charge in [-0.1, -0.05) is 44.2 Å². The Hall–Kier alpha value is -1.65. The number of carbonyl (C=O) groups is 1. The Morgan fingerprint density at radius 3 is 2.24 bits per heavy atom. The molecule has 1 aromatic carbocycles. The Morgan fingerprint density at radius 1 is 1.08 bits per heavy atom. The summed E-state index contributed by atoms with van der Waals surface area (Å²) in [5, 5.41) is 7.28. The lowest BCUT2D eigenvalue weighted by Crippen LogP contribution is -2.92. The largest absolute Gasteiger partial charge is 0.349 e. The maximum Gasteiger partial charge on any atom is 0.278 e. The lowest BCUT2D eigenvalue weighted by molar-refractivity contribution is -0.704. The summed E-state index contributed by atoms with van der Waals surface area (Å²) in [6.45, 7) is 10.4. The van der Waals surface area contributed by atoms with Crippen molar-refractivity contribution in [1.29, 1.82) is 0 Å². The SMILES string of the molecule is CC[C@@H](C)c1ccc([C@@H]([NH2+][C@@H](C)C(=O)NC(C)C)c2cccs2)cc1. The number of rotatable bonds is 8. The number of carbonyl (C=O) groups excluding carboxylic acids is 1. The summed E-state index contributed by atoms with van der Waals surface area (Å²) in [5.41, 5.74) is 2.63. The van der Waals surface area contributed by atoms with Crippen molar-refractivity contribution in [2.75, 3.05) is 0 Å². The average Bonchev–Trinajstić information content (AvgIpc) is 3.12. The van der Waals surface area contributed by atoms with E-state index < -0.39 is 0 Å². The fourth-order valence-electron chi connectivity index (χ4n) is 2.90. The molecule has 1 heterocycles. The number of nitrogens with one attached hydrogen (secondary N) is 1. The molecule has 1 amide bonds. The van der Waals surface area contributed by atoms with Crippen LogP contribution in [-0.4, -0.2) is 18.0 Å². The summed E-state index contributed by atoms with van der Waals surface area (Å²) in [7, 11) is 0. The molecule has 0 aliphatic rings. The molecule has 25 heavy (non-hydrogen) atoms. The molecular weight excluding hydrogens is 328 g/mol. The normalized spacial score (nSPS) is 15.0. The zero-order valence-electron chi connectivity index (χ0n) is 16.0. The van der Waals surface area contributed by atoms with Crippen LogP contribution in [0.2, 0.25) is 0 Å². The second-order valence-corrected chi connectivity index (χ2v) is 8.09. The van der Waals surface area contributed by atoms with Crippen LogP contribution in [0.3, 0.4) is 0 Å². The second-order valence-electron chi connectivity index (χ2n) is 7.11. The van der Waals surface area contributed by atoms with Crippen LogP contribution in [0, 0.1) is 0 Å². The van der Waals surface area contributed by atoms with E-state index in [-0.39, 0.29) is 24.0 Å². The maximum absolute atomic E-state index is 12.3. The Bertz CT molecular complexity index is 649. The van der Waals surface area contributed by atoms with Crippen LogP contribution in [0.4, 0.5) is 0 Å². The first-order chi connectivity index (χ1) is 11.9. The lowest BCUT2D eigenvalue weighted by atomic mass is 9.95. The van der Waals surface area contributed by atoms with E-state index in [4.69, 9.17) is 0 Å². The van der Waals surface area contributed by atoms with Crippen LogP contribution in [0.15, 0.2) is 41.8 Å². The fourth-order valence-corrected chi connectivity index (χ4v) is 3.73. The zero-order chi connectivity index (χ0) is 18.4. The summed E-state index contributed by atoms with van der Waals surface area (Å²) in [6.07, 6.45) is 1.15. The van der Waals surface area contributed by atoms with Crippen molar-refractivity contribution < 1.29 is 10.1 Å². The minimum atomic E-state index is -0.135. The molecule has 0 fully saturated rings. The standard InChI is InChI=1S/C21H30N2OS/c1-6-15(4)17-9-11-18(12-10-17)20(19-8-7-13-25-19)23-16(5)21(24)22-14(2)3/h7-16,20,23H,6H2,1-5H3,(H,22,24)/p+1/t15-,16+,20-/m1/s1. The number of amides is 1. The highest BCUT2D eigenvalue weighted by atomic mass is 32.1. The van der Waals surface area contributed by atoms with E-state index in [0.717, 1.165) is 6.42 Å². The molecule has 0 aliphatic carbocycles. The van der Waals surface area contributed by atoms with Crippen LogP contribution in [0.5, 0.6) is 0 Å². The molecule has 136 valence electrons. The van der Waals surface area contributed by atoms with Gasteiger partial charge >= 0.3 is 0 Å². The van der Waals surface area contributed by atoms with Crippen LogP contribution in [0.1, 0.15) is 69.0 Å². The third-order valence-electron chi connectivity index (χ3n) is 4.65. The number of thiophene rings is 1. The smallest absolute Gasteiger partial charge is 0.278 e. The topological polar surface area (TPSA) is 45.7 Å². The van der Waals surface area contributed by atoms with Gasteiger partial charge in [0, 0.05) is 11.6 Å². The van der Waals surface area contributed by atoms with Crippen molar-refractivity contribution in [2.45, 2.75) is 65.1 Å². The van der Waals surface area contributed by atoms with E-state index in [2.05, 4.69) is 66.3 Å². The first-order valence-corrected chi connectivity index (χ1v) is 10.1. The molecule has 3 nitrogen and oxygen atoms in total. The van der Waals surface area contributed by atoms with Gasteiger partial charge in [-0.05, 0) is 50.1 Å². The third kappa shape index (κ3) is 5.41. The molecule has 0 saturated carbocycles. The van der Waals surface area contributed by atoms with Crippen LogP contribution >= 0.6 is 11.3 Å². The average molecular weight is 360 g/mol. The summed E-state index contributed by atoms with van der Waals surface area (Å²) in [5.74, 6) is 0.668. The van der Waals surface area contributed by atoms with Crippen LogP contribution in [-0.2, 0) is 4.79 Å². The fraction of sp³-hybridized carbons (Fsp3) is 0.476. The monoisotopic (exact) mass is 359 g/mol. The zero-order valence-corrected chi connectivity index (χ0v) is 16.8. The van der Waals surface area contributed by atoms with Crippen molar-refractivity contribution in [2.24, 2.45) is 0 Å². The third-order valence-corrected chi connectivity index (χ3v) is 5.61. The van der Waals surface area contributed by atoms with Crippen molar-refractivity contribution in [1.82, 2.24) is 5.32 Å². The molecule has 1 aromatic heterocycles. The highest BCUT2D eigenvalue weighted by Crippen LogP contribution is 2.25. The first kappa shape index (κ1) is 19.7. The molecule has 0 spiro atoms. The van der Waals surface area contributed by atoms with Gasteiger partial charge in [0.1, 0.15) is 6.04 Å². The van der Waals surface area contributed by atoms with Crippen LogP contribution in [0.25, 0.3) is 0 Å². The predicted molar refractivity (Wildman–Crippen MR) is 106 cm³/mol. The van der Waals surface area contributed by atoms with E-state index in [1.54, 1.807) is 11.3 Å². The van der Waals surface area contributed by atoms with Crippen molar-refractivity contribution in [3.05, 3.63) is 57.8 Å². The summed E-state index contributed by atoms with van der Waals surface area (Å²) in [6, 6.07) is 13.3. The van der Waals surface area contributed by atoms with Crippen molar-refractivity contribution in [3.8, 4) is 0 Å². The molecule has 0 unspecified atom stereocenters. The van der Waals surface area contributed by atoms with Gasteiger partial charge in [0.05, 0.1) is 4.88 Å². The second kappa shape index (κ2) is 9.16. The van der Waals surface area contributed by atoms with Crippen LogP contribution < -0.4 is 10.6 Å². The summed E-state index contributed by atoms with van der Waals surface area (Å²) in [4.78, 5) is 13.6. The Kier molecular flexibility index (Phi) is 7.21. The molecule has 0 saturated heterocycles. The van der Waals surface area contributed by atoms with Gasteiger partial charge in [0.2, 0.25) is 0 Å². The van der Waals surface area contributed by atoms with Gasteiger partial charge in [-0.15, -0.1) is 11.3 Å². The van der Waals surface area contributed by atoms with Gasteiger partial charge in [0.15, 0.2) is 6.04 Å². The molecule has 2 rings (SSSR count). The van der Waals surface area contributed by atoms with Gasteiger partial charge in [0.25, 0.3) is 5.91 Å². The highest BCUT2D eigenvalue weighted by molar-refractivity contribution is 7.10. The quantitative estimate of drug-likeness (QED) is 0.739. The molecule has 0 radical (unpaired) electrons.